The molecule has 2 aliphatic heterocycles. The number of benzene rings is 2. The average molecular weight is 656 g/mol. The molecule has 0 fully saturated rings. The van der Waals surface area contributed by atoms with Crippen LogP contribution in [-0.4, -0.2) is 47.3 Å². The van der Waals surface area contributed by atoms with Gasteiger partial charge in [-0.1, -0.05) is 36.4 Å². The lowest BCUT2D eigenvalue weighted by Gasteiger charge is -2.17. The molecule has 2 aliphatic rings. The van der Waals surface area contributed by atoms with Gasteiger partial charge >= 0.3 is 0 Å². The van der Waals surface area contributed by atoms with Crippen LogP contribution in [0.3, 0.4) is 0 Å². The van der Waals surface area contributed by atoms with E-state index in [4.69, 9.17) is 0 Å². The summed E-state index contributed by atoms with van der Waals surface area (Å²) in [7, 11) is 0. The molecule has 2 heterocycles. The molecule has 0 bridgehead atoms. The van der Waals surface area contributed by atoms with E-state index in [1.807, 2.05) is 0 Å². The van der Waals surface area contributed by atoms with Gasteiger partial charge in [-0.15, -0.1) is 67.9 Å². The van der Waals surface area contributed by atoms with E-state index in [0.717, 1.165) is 13.1 Å². The molecule has 6 heteroatoms. The van der Waals surface area contributed by atoms with Gasteiger partial charge in [0.1, 0.15) is 25.7 Å². The van der Waals surface area contributed by atoms with E-state index in [9.17, 15) is 0 Å². The zero-order chi connectivity index (χ0) is 17.1. The third-order valence-corrected chi connectivity index (χ3v) is 5.68. The summed E-state index contributed by atoms with van der Waals surface area (Å²) in [6, 6.07) is 18.2. The standard InChI is InChI=1S/C23H28N2.4BrH/c1-19(25-16-13-21-9-3-5-11-23(21)18-25)7-6-14-24-15-12-20-8-2-4-10-22(20)17-24;;;;/h2-5,8-11,17-19H,6-7,12-16H2,1H3;4*1H/q+2;;;;. The number of hydrogen-bond donors (Lipinski definition) is 0. The molecule has 1 atom stereocenters. The predicted molar refractivity (Wildman–Crippen MR) is 146 cm³/mol. The van der Waals surface area contributed by atoms with Crippen LogP contribution in [-0.2, 0) is 12.8 Å². The van der Waals surface area contributed by atoms with Crippen LogP contribution in [0.4, 0.5) is 0 Å². The first kappa shape index (κ1) is 28.7. The van der Waals surface area contributed by atoms with Crippen LogP contribution in [0.2, 0.25) is 0 Å². The van der Waals surface area contributed by atoms with Crippen molar-refractivity contribution in [3.05, 3.63) is 70.8 Å². The van der Waals surface area contributed by atoms with Crippen molar-refractivity contribution in [2.75, 3.05) is 19.6 Å². The summed E-state index contributed by atoms with van der Waals surface area (Å²) in [5, 5.41) is 0. The zero-order valence-corrected chi connectivity index (χ0v) is 23.7. The van der Waals surface area contributed by atoms with Crippen LogP contribution in [0.25, 0.3) is 0 Å². The van der Waals surface area contributed by atoms with E-state index in [1.165, 1.54) is 54.5 Å². The number of halogens is 4. The van der Waals surface area contributed by atoms with Gasteiger partial charge in [0.2, 0.25) is 0 Å². The van der Waals surface area contributed by atoms with Crippen molar-refractivity contribution < 1.29 is 9.15 Å². The monoisotopic (exact) mass is 652 g/mol. The predicted octanol–water partition coefficient (Wildman–Crippen LogP) is 5.84. The van der Waals surface area contributed by atoms with Gasteiger partial charge in [0.05, 0.1) is 0 Å². The van der Waals surface area contributed by atoms with Crippen LogP contribution in [0.15, 0.2) is 48.5 Å². The maximum atomic E-state index is 2.54. The Morgan fingerprint density at radius 2 is 1.31 bits per heavy atom. The lowest BCUT2D eigenvalue weighted by Crippen LogP contribution is -2.31. The molecule has 0 radical (unpaired) electrons. The van der Waals surface area contributed by atoms with Gasteiger partial charge < -0.3 is 0 Å². The van der Waals surface area contributed by atoms with E-state index < -0.39 is 0 Å². The third kappa shape index (κ3) is 7.41. The first-order chi connectivity index (χ1) is 12.3. The second-order valence-electron chi connectivity index (χ2n) is 7.42. The summed E-state index contributed by atoms with van der Waals surface area (Å²) in [6.45, 7) is 5.86. The maximum Gasteiger partial charge on any atom is 0.171 e. The molecule has 2 aromatic carbocycles. The average Bonchev–Trinajstić information content (AvgIpc) is 2.67. The second-order valence-corrected chi connectivity index (χ2v) is 7.42. The van der Waals surface area contributed by atoms with E-state index in [2.05, 4.69) is 77.0 Å². The summed E-state index contributed by atoms with van der Waals surface area (Å²) < 4.78 is 5.04. The fourth-order valence-corrected chi connectivity index (χ4v) is 4.07. The summed E-state index contributed by atoms with van der Waals surface area (Å²) in [6.07, 6.45) is 9.59. The van der Waals surface area contributed by atoms with E-state index in [-0.39, 0.29) is 67.9 Å². The Balaban J connectivity index is 0.00000196. The SMILES string of the molecule is Br.Br.Br.Br.CC(CCC[N+]1=Cc2ccccc2CC1)[N+]1=Cc2ccccc2CC1. The molecule has 0 aromatic heterocycles. The first-order valence-corrected chi connectivity index (χ1v) is 9.65. The van der Waals surface area contributed by atoms with Crippen LogP contribution in [0.5, 0.6) is 0 Å². The number of hydrogen-bond acceptors (Lipinski definition) is 0. The Kier molecular flexibility index (Phi) is 13.8. The molecule has 4 rings (SSSR count). The Morgan fingerprint density at radius 3 is 1.97 bits per heavy atom. The van der Waals surface area contributed by atoms with Crippen molar-refractivity contribution in [1.29, 1.82) is 0 Å². The summed E-state index contributed by atoms with van der Waals surface area (Å²) in [5.74, 6) is 0. The molecule has 29 heavy (non-hydrogen) atoms. The van der Waals surface area contributed by atoms with Crippen molar-refractivity contribution in [3.63, 3.8) is 0 Å². The highest BCUT2D eigenvalue weighted by Gasteiger charge is 2.22. The van der Waals surface area contributed by atoms with Crippen molar-refractivity contribution in [2.24, 2.45) is 0 Å². The van der Waals surface area contributed by atoms with Gasteiger partial charge in [-0.3, -0.25) is 0 Å². The van der Waals surface area contributed by atoms with E-state index >= 15 is 0 Å². The lowest BCUT2D eigenvalue weighted by atomic mass is 10.0. The fourth-order valence-electron chi connectivity index (χ4n) is 4.07. The highest BCUT2D eigenvalue weighted by Crippen LogP contribution is 2.15. The quantitative estimate of drug-likeness (QED) is 0.357. The van der Waals surface area contributed by atoms with Gasteiger partial charge in [0.15, 0.2) is 12.4 Å². The third-order valence-electron chi connectivity index (χ3n) is 5.68. The smallest absolute Gasteiger partial charge is 0.171 e. The minimum atomic E-state index is 0. The molecular formula is C23H32Br4N2+2. The van der Waals surface area contributed by atoms with Gasteiger partial charge in [-0.05, 0) is 30.2 Å². The van der Waals surface area contributed by atoms with Gasteiger partial charge in [-0.2, -0.15) is 0 Å². The Bertz CT molecular complexity index is 833. The summed E-state index contributed by atoms with van der Waals surface area (Å²) >= 11 is 0. The van der Waals surface area contributed by atoms with Crippen LogP contribution in [0.1, 0.15) is 42.0 Å². The van der Waals surface area contributed by atoms with Crippen molar-refractivity contribution in [3.8, 4) is 0 Å². The molecule has 0 saturated heterocycles. The highest BCUT2D eigenvalue weighted by molar-refractivity contribution is 8.93. The number of fused-ring (bicyclic) bond motifs is 2. The van der Waals surface area contributed by atoms with E-state index in [0.29, 0.717) is 6.04 Å². The highest BCUT2D eigenvalue weighted by atomic mass is 79.9. The lowest BCUT2D eigenvalue weighted by molar-refractivity contribution is -0.563. The molecule has 0 spiro atoms. The number of rotatable bonds is 5. The molecule has 0 saturated carbocycles. The minimum absolute atomic E-state index is 0. The molecular weight excluding hydrogens is 624 g/mol. The van der Waals surface area contributed by atoms with Crippen molar-refractivity contribution >= 4 is 80.4 Å². The van der Waals surface area contributed by atoms with Crippen molar-refractivity contribution in [2.45, 2.75) is 38.6 Å². The summed E-state index contributed by atoms with van der Waals surface area (Å²) in [5.41, 5.74) is 5.80. The normalized spacial score (nSPS) is 14.8. The van der Waals surface area contributed by atoms with Crippen molar-refractivity contribution in [1.82, 2.24) is 0 Å². The molecule has 1 unspecified atom stereocenters. The molecule has 2 aromatic rings. The Labute approximate surface area is 217 Å². The first-order valence-electron chi connectivity index (χ1n) is 9.65. The fraction of sp³-hybridized carbons (Fsp3) is 0.391. The Hall–Kier alpha value is -0.300. The van der Waals surface area contributed by atoms with Gasteiger partial charge in [0, 0.05) is 36.8 Å². The largest absolute Gasteiger partial charge is 0.235 e. The molecule has 2 nitrogen and oxygen atoms in total. The van der Waals surface area contributed by atoms with E-state index in [1.54, 1.807) is 0 Å². The zero-order valence-electron chi connectivity index (χ0n) is 16.8. The Morgan fingerprint density at radius 1 is 0.759 bits per heavy atom. The van der Waals surface area contributed by atoms with Crippen LogP contribution >= 0.6 is 67.9 Å². The van der Waals surface area contributed by atoms with Gasteiger partial charge in [0.25, 0.3) is 0 Å². The number of nitrogens with zero attached hydrogens (tertiary/aromatic N) is 2. The van der Waals surface area contributed by atoms with Crippen LogP contribution < -0.4 is 0 Å². The molecule has 0 aliphatic carbocycles. The van der Waals surface area contributed by atoms with Crippen LogP contribution in [0, 0.1) is 0 Å². The van der Waals surface area contributed by atoms with Gasteiger partial charge in [-0.25, -0.2) is 9.15 Å². The topological polar surface area (TPSA) is 6.02 Å². The summed E-state index contributed by atoms with van der Waals surface area (Å²) in [4.78, 5) is 0. The maximum absolute atomic E-state index is 2.54. The molecule has 160 valence electrons. The minimum Gasteiger partial charge on any atom is -0.235 e. The molecule has 0 amide bonds. The second kappa shape index (κ2) is 13.9. The molecule has 0 N–H and O–H groups in total.